The molecule has 0 aliphatic carbocycles. The van der Waals surface area contributed by atoms with E-state index in [4.69, 9.17) is 5.73 Å². The van der Waals surface area contributed by atoms with Gasteiger partial charge in [-0.1, -0.05) is 42.5 Å². The second kappa shape index (κ2) is 6.77. The fourth-order valence-corrected chi connectivity index (χ4v) is 3.20. The first-order valence-corrected chi connectivity index (χ1v) is 7.95. The van der Waals surface area contributed by atoms with Crippen molar-refractivity contribution in [3.63, 3.8) is 0 Å². The Kier molecular flexibility index (Phi) is 4.56. The lowest BCUT2D eigenvalue weighted by Gasteiger charge is -2.29. The van der Waals surface area contributed by atoms with Gasteiger partial charge in [-0.05, 0) is 55.0 Å². The predicted molar refractivity (Wildman–Crippen MR) is 89.2 cm³/mol. The Hall–Kier alpha value is -1.80. The standard InChI is InChI=1S/C19H24N2/c20-19-11-6-10-17-15-21(14-12-18(17)19)13-5-4-9-16-7-2-1-3-8-16/h1-3,6-8,10-11H,4-5,9,12-15,20H2. The van der Waals surface area contributed by atoms with Gasteiger partial charge in [0.05, 0.1) is 0 Å². The summed E-state index contributed by atoms with van der Waals surface area (Å²) in [6, 6.07) is 17.1. The molecule has 0 saturated heterocycles. The molecule has 2 nitrogen and oxygen atoms in total. The number of rotatable bonds is 5. The van der Waals surface area contributed by atoms with Crippen molar-refractivity contribution in [3.05, 3.63) is 65.2 Å². The molecule has 1 heterocycles. The fraction of sp³-hybridized carbons (Fsp3) is 0.368. The van der Waals surface area contributed by atoms with Crippen LogP contribution >= 0.6 is 0 Å². The highest BCUT2D eigenvalue weighted by molar-refractivity contribution is 5.51. The third-order valence-electron chi connectivity index (χ3n) is 4.41. The summed E-state index contributed by atoms with van der Waals surface area (Å²) in [5.74, 6) is 0. The summed E-state index contributed by atoms with van der Waals surface area (Å²) in [6.45, 7) is 3.40. The van der Waals surface area contributed by atoms with Gasteiger partial charge in [-0.15, -0.1) is 0 Å². The van der Waals surface area contributed by atoms with Crippen LogP contribution in [0.15, 0.2) is 48.5 Å². The van der Waals surface area contributed by atoms with Gasteiger partial charge in [0.15, 0.2) is 0 Å². The minimum absolute atomic E-state index is 0.969. The van der Waals surface area contributed by atoms with Crippen molar-refractivity contribution in [1.29, 1.82) is 0 Å². The molecule has 110 valence electrons. The zero-order valence-corrected chi connectivity index (χ0v) is 12.6. The third-order valence-corrected chi connectivity index (χ3v) is 4.41. The van der Waals surface area contributed by atoms with Crippen molar-refractivity contribution < 1.29 is 0 Å². The normalized spacial score (nSPS) is 14.9. The maximum absolute atomic E-state index is 6.05. The Morgan fingerprint density at radius 3 is 2.67 bits per heavy atom. The van der Waals surface area contributed by atoms with Gasteiger partial charge in [-0.25, -0.2) is 0 Å². The SMILES string of the molecule is Nc1cccc2c1CCN(CCCCc1ccccc1)C2. The molecular formula is C19H24N2. The van der Waals surface area contributed by atoms with Crippen molar-refractivity contribution in [2.24, 2.45) is 0 Å². The smallest absolute Gasteiger partial charge is 0.0350 e. The minimum atomic E-state index is 0.969. The molecule has 0 saturated carbocycles. The molecule has 0 unspecified atom stereocenters. The van der Waals surface area contributed by atoms with Crippen LogP contribution in [0.5, 0.6) is 0 Å². The van der Waals surface area contributed by atoms with Gasteiger partial charge in [-0.3, -0.25) is 4.90 Å². The number of nitrogens with zero attached hydrogens (tertiary/aromatic N) is 1. The van der Waals surface area contributed by atoms with Gasteiger partial charge < -0.3 is 5.73 Å². The van der Waals surface area contributed by atoms with Gasteiger partial charge in [0.2, 0.25) is 0 Å². The topological polar surface area (TPSA) is 29.3 Å². The number of hydrogen-bond donors (Lipinski definition) is 1. The Labute approximate surface area is 127 Å². The van der Waals surface area contributed by atoms with Crippen LogP contribution in [0.3, 0.4) is 0 Å². The van der Waals surface area contributed by atoms with Crippen LogP contribution in [0, 0.1) is 0 Å². The molecule has 0 spiro atoms. The largest absolute Gasteiger partial charge is 0.398 e. The van der Waals surface area contributed by atoms with E-state index < -0.39 is 0 Å². The summed E-state index contributed by atoms with van der Waals surface area (Å²) >= 11 is 0. The predicted octanol–water partition coefficient (Wildman–Crippen LogP) is 3.65. The van der Waals surface area contributed by atoms with Gasteiger partial charge >= 0.3 is 0 Å². The van der Waals surface area contributed by atoms with E-state index in [1.807, 2.05) is 6.07 Å². The van der Waals surface area contributed by atoms with E-state index in [9.17, 15) is 0 Å². The Morgan fingerprint density at radius 2 is 1.81 bits per heavy atom. The van der Waals surface area contributed by atoms with E-state index in [1.165, 1.54) is 42.5 Å². The summed E-state index contributed by atoms with van der Waals surface area (Å²) in [4.78, 5) is 2.56. The van der Waals surface area contributed by atoms with Crippen LogP contribution in [-0.4, -0.2) is 18.0 Å². The zero-order chi connectivity index (χ0) is 14.5. The van der Waals surface area contributed by atoms with Crippen LogP contribution in [-0.2, 0) is 19.4 Å². The monoisotopic (exact) mass is 280 g/mol. The van der Waals surface area contributed by atoms with E-state index in [0.29, 0.717) is 0 Å². The zero-order valence-electron chi connectivity index (χ0n) is 12.6. The number of anilines is 1. The molecule has 0 amide bonds. The molecule has 1 aliphatic heterocycles. The highest BCUT2D eigenvalue weighted by atomic mass is 15.1. The number of aryl methyl sites for hydroxylation is 1. The maximum atomic E-state index is 6.05. The second-order valence-corrected chi connectivity index (χ2v) is 5.95. The number of hydrogen-bond acceptors (Lipinski definition) is 2. The first kappa shape index (κ1) is 14.2. The van der Waals surface area contributed by atoms with Crippen molar-refractivity contribution in [2.45, 2.75) is 32.2 Å². The number of nitrogens with two attached hydrogens (primary N) is 1. The Bertz CT molecular complexity index is 577. The molecule has 0 fully saturated rings. The highest BCUT2D eigenvalue weighted by Gasteiger charge is 2.17. The molecule has 1 aliphatic rings. The van der Waals surface area contributed by atoms with Crippen LogP contribution < -0.4 is 5.73 Å². The van der Waals surface area contributed by atoms with E-state index in [0.717, 1.165) is 25.2 Å². The lowest BCUT2D eigenvalue weighted by Crippen LogP contribution is -2.31. The quantitative estimate of drug-likeness (QED) is 0.669. The Morgan fingerprint density at radius 1 is 0.952 bits per heavy atom. The number of nitrogen functional groups attached to an aromatic ring is 1. The number of unbranched alkanes of at least 4 members (excludes halogenated alkanes) is 1. The molecule has 21 heavy (non-hydrogen) atoms. The summed E-state index contributed by atoms with van der Waals surface area (Å²) in [6.07, 6.45) is 4.83. The molecule has 0 atom stereocenters. The lowest BCUT2D eigenvalue weighted by atomic mass is 9.97. The van der Waals surface area contributed by atoms with E-state index >= 15 is 0 Å². The summed E-state index contributed by atoms with van der Waals surface area (Å²) in [5.41, 5.74) is 11.3. The molecule has 2 N–H and O–H groups in total. The molecule has 2 aromatic carbocycles. The fourth-order valence-electron chi connectivity index (χ4n) is 3.20. The van der Waals surface area contributed by atoms with Gasteiger partial charge in [-0.2, -0.15) is 0 Å². The molecular weight excluding hydrogens is 256 g/mol. The van der Waals surface area contributed by atoms with E-state index in [-0.39, 0.29) is 0 Å². The van der Waals surface area contributed by atoms with E-state index in [1.54, 1.807) is 0 Å². The van der Waals surface area contributed by atoms with E-state index in [2.05, 4.69) is 47.4 Å². The first-order valence-electron chi connectivity index (χ1n) is 7.95. The molecule has 0 aromatic heterocycles. The first-order chi connectivity index (χ1) is 10.3. The maximum Gasteiger partial charge on any atom is 0.0350 e. The molecule has 3 rings (SSSR count). The number of benzene rings is 2. The lowest BCUT2D eigenvalue weighted by molar-refractivity contribution is 0.249. The average molecular weight is 280 g/mol. The summed E-state index contributed by atoms with van der Waals surface area (Å²) in [7, 11) is 0. The Balaban J connectivity index is 1.45. The van der Waals surface area contributed by atoms with Crippen LogP contribution in [0.1, 0.15) is 29.5 Å². The van der Waals surface area contributed by atoms with Crippen LogP contribution in [0.4, 0.5) is 5.69 Å². The van der Waals surface area contributed by atoms with Gasteiger partial charge in [0.25, 0.3) is 0 Å². The summed E-state index contributed by atoms with van der Waals surface area (Å²) < 4.78 is 0. The second-order valence-electron chi connectivity index (χ2n) is 5.95. The molecule has 0 bridgehead atoms. The molecule has 0 radical (unpaired) electrons. The average Bonchev–Trinajstić information content (AvgIpc) is 2.53. The van der Waals surface area contributed by atoms with Crippen LogP contribution in [0.25, 0.3) is 0 Å². The number of fused-ring (bicyclic) bond motifs is 1. The van der Waals surface area contributed by atoms with Crippen molar-refractivity contribution in [3.8, 4) is 0 Å². The van der Waals surface area contributed by atoms with Crippen LogP contribution in [0.2, 0.25) is 0 Å². The minimum Gasteiger partial charge on any atom is -0.398 e. The van der Waals surface area contributed by atoms with Gasteiger partial charge in [0, 0.05) is 18.8 Å². The van der Waals surface area contributed by atoms with Crippen molar-refractivity contribution in [2.75, 3.05) is 18.8 Å². The van der Waals surface area contributed by atoms with Crippen molar-refractivity contribution in [1.82, 2.24) is 4.90 Å². The van der Waals surface area contributed by atoms with Gasteiger partial charge in [0.1, 0.15) is 0 Å². The third kappa shape index (κ3) is 3.64. The molecule has 2 aromatic rings. The van der Waals surface area contributed by atoms with Crippen molar-refractivity contribution >= 4 is 5.69 Å². The highest BCUT2D eigenvalue weighted by Crippen LogP contribution is 2.24. The molecule has 2 heteroatoms. The summed E-state index contributed by atoms with van der Waals surface area (Å²) in [5, 5.41) is 0.